The Balaban J connectivity index is 1.50. The molecule has 1 aliphatic rings. The molecule has 0 fully saturated rings. The van der Waals surface area contributed by atoms with Gasteiger partial charge in [-0.15, -0.1) is 0 Å². The van der Waals surface area contributed by atoms with E-state index in [1.54, 1.807) is 42.4 Å². The average molecular weight is 377 g/mol. The predicted octanol–water partition coefficient (Wildman–Crippen LogP) is 2.55. The van der Waals surface area contributed by atoms with Crippen molar-refractivity contribution in [2.75, 3.05) is 16.8 Å². The average Bonchev–Trinajstić information content (AvgIpc) is 3.11. The molecule has 4 rings (SSSR count). The lowest BCUT2D eigenvalue weighted by atomic mass is 10.00. The smallest absolute Gasteiger partial charge is 0.259 e. The molecule has 2 aromatic heterocycles. The van der Waals surface area contributed by atoms with Gasteiger partial charge in [0, 0.05) is 37.2 Å². The number of benzene rings is 1. The number of hydrogen-bond donors (Lipinski definition) is 1. The van der Waals surface area contributed by atoms with E-state index in [4.69, 9.17) is 4.52 Å². The Kier molecular flexibility index (Phi) is 4.84. The van der Waals surface area contributed by atoms with Crippen molar-refractivity contribution >= 4 is 23.2 Å². The first kappa shape index (κ1) is 17.8. The minimum absolute atomic E-state index is 0.0417. The lowest BCUT2D eigenvalue weighted by molar-refractivity contribution is -0.115. The molecular weight excluding hydrogens is 358 g/mol. The first-order valence-corrected chi connectivity index (χ1v) is 9.04. The van der Waals surface area contributed by atoms with Crippen molar-refractivity contribution in [2.24, 2.45) is 0 Å². The van der Waals surface area contributed by atoms with Crippen molar-refractivity contribution < 1.29 is 14.1 Å². The highest BCUT2D eigenvalue weighted by atomic mass is 16.5. The summed E-state index contributed by atoms with van der Waals surface area (Å²) in [5.74, 6) is 0.481. The van der Waals surface area contributed by atoms with Crippen LogP contribution in [0.4, 0.5) is 11.4 Å². The number of carbonyl (C=O) groups excluding carboxylic acids is 2. The van der Waals surface area contributed by atoms with Crippen molar-refractivity contribution in [3.63, 3.8) is 0 Å². The molecule has 3 aromatic rings. The van der Waals surface area contributed by atoms with Crippen LogP contribution < -0.4 is 10.2 Å². The summed E-state index contributed by atoms with van der Waals surface area (Å²) in [7, 11) is 0. The van der Waals surface area contributed by atoms with E-state index in [9.17, 15) is 9.59 Å². The maximum Gasteiger partial charge on any atom is 0.259 e. The molecule has 0 unspecified atom stereocenters. The molecule has 1 N–H and O–H groups in total. The SMILES string of the molecule is Cc1nc(CC(=O)Nc2ccc3c(c2)CCCN3C(=O)c2cccnc2)no1. The van der Waals surface area contributed by atoms with Crippen LogP contribution in [0, 0.1) is 6.92 Å². The third-order valence-electron chi connectivity index (χ3n) is 4.52. The van der Waals surface area contributed by atoms with Gasteiger partial charge in [-0.25, -0.2) is 0 Å². The van der Waals surface area contributed by atoms with Gasteiger partial charge in [-0.3, -0.25) is 14.6 Å². The highest BCUT2D eigenvalue weighted by Crippen LogP contribution is 2.30. The number of carbonyl (C=O) groups is 2. The number of hydrogen-bond acceptors (Lipinski definition) is 6. The maximum atomic E-state index is 12.8. The zero-order valence-electron chi connectivity index (χ0n) is 15.4. The normalized spacial score (nSPS) is 13.1. The van der Waals surface area contributed by atoms with Crippen molar-refractivity contribution in [1.82, 2.24) is 15.1 Å². The highest BCUT2D eigenvalue weighted by molar-refractivity contribution is 6.06. The molecule has 2 amide bonds. The molecule has 0 atom stereocenters. The first-order valence-electron chi connectivity index (χ1n) is 9.04. The topological polar surface area (TPSA) is 101 Å². The van der Waals surface area contributed by atoms with Crippen LogP contribution in [0.1, 0.15) is 34.1 Å². The van der Waals surface area contributed by atoms with Crippen LogP contribution in [0.25, 0.3) is 0 Å². The fourth-order valence-corrected chi connectivity index (χ4v) is 3.29. The molecule has 3 heterocycles. The molecule has 8 heteroatoms. The van der Waals surface area contributed by atoms with Crippen molar-refractivity contribution in [1.29, 1.82) is 0 Å². The number of nitrogens with one attached hydrogen (secondary N) is 1. The summed E-state index contributed by atoms with van der Waals surface area (Å²) in [6, 6.07) is 9.10. The van der Waals surface area contributed by atoms with E-state index in [-0.39, 0.29) is 18.2 Å². The van der Waals surface area contributed by atoms with E-state index in [0.29, 0.717) is 29.5 Å². The number of fused-ring (bicyclic) bond motifs is 1. The number of aryl methyl sites for hydroxylation is 2. The standard InChI is InChI=1S/C20H19N5O3/c1-13-22-18(24-28-13)11-19(26)23-16-6-7-17-14(10-16)5-3-9-25(17)20(27)15-4-2-8-21-12-15/h2,4,6-8,10,12H,3,5,9,11H2,1H3,(H,23,26). The van der Waals surface area contributed by atoms with Gasteiger partial charge < -0.3 is 14.7 Å². The Hall–Kier alpha value is -3.55. The second-order valence-electron chi connectivity index (χ2n) is 6.60. The van der Waals surface area contributed by atoms with Gasteiger partial charge >= 0.3 is 0 Å². The Morgan fingerprint density at radius 3 is 2.93 bits per heavy atom. The highest BCUT2D eigenvalue weighted by Gasteiger charge is 2.24. The number of rotatable bonds is 4. The fraction of sp³-hybridized carbons (Fsp3) is 0.250. The van der Waals surface area contributed by atoms with E-state index in [2.05, 4.69) is 20.4 Å². The van der Waals surface area contributed by atoms with Gasteiger partial charge in [0.15, 0.2) is 5.82 Å². The monoisotopic (exact) mass is 377 g/mol. The minimum Gasteiger partial charge on any atom is -0.340 e. The van der Waals surface area contributed by atoms with Crippen LogP contribution in [-0.4, -0.2) is 33.5 Å². The number of pyridine rings is 1. The molecule has 142 valence electrons. The van der Waals surface area contributed by atoms with Gasteiger partial charge in [0.05, 0.1) is 12.0 Å². The molecule has 1 aliphatic heterocycles. The number of aromatic nitrogens is 3. The quantitative estimate of drug-likeness (QED) is 0.750. The molecule has 0 radical (unpaired) electrons. The van der Waals surface area contributed by atoms with Crippen molar-refractivity contribution in [3.05, 3.63) is 65.6 Å². The molecule has 0 saturated carbocycles. The van der Waals surface area contributed by atoms with Crippen LogP contribution in [0.3, 0.4) is 0 Å². The Labute approximate surface area is 161 Å². The maximum absolute atomic E-state index is 12.8. The Morgan fingerprint density at radius 1 is 1.29 bits per heavy atom. The van der Waals surface area contributed by atoms with E-state index in [0.717, 1.165) is 24.1 Å². The summed E-state index contributed by atoms with van der Waals surface area (Å²) >= 11 is 0. The first-order chi connectivity index (χ1) is 13.6. The van der Waals surface area contributed by atoms with Gasteiger partial charge in [0.25, 0.3) is 5.91 Å². The third kappa shape index (κ3) is 3.75. The zero-order valence-corrected chi connectivity index (χ0v) is 15.4. The summed E-state index contributed by atoms with van der Waals surface area (Å²) < 4.78 is 4.88. The Bertz CT molecular complexity index is 1020. The fourth-order valence-electron chi connectivity index (χ4n) is 3.29. The van der Waals surface area contributed by atoms with Crippen LogP contribution in [0.2, 0.25) is 0 Å². The zero-order chi connectivity index (χ0) is 19.5. The molecule has 1 aromatic carbocycles. The van der Waals surface area contributed by atoms with Crippen molar-refractivity contribution in [3.8, 4) is 0 Å². The van der Waals surface area contributed by atoms with E-state index in [1.165, 1.54) is 0 Å². The molecule has 0 spiro atoms. The number of nitrogens with zero attached hydrogens (tertiary/aromatic N) is 4. The second-order valence-corrected chi connectivity index (χ2v) is 6.60. The number of amides is 2. The molecule has 0 saturated heterocycles. The van der Waals surface area contributed by atoms with Gasteiger partial charge in [0.1, 0.15) is 0 Å². The van der Waals surface area contributed by atoms with Gasteiger partial charge in [-0.1, -0.05) is 5.16 Å². The Morgan fingerprint density at radius 2 is 2.18 bits per heavy atom. The van der Waals surface area contributed by atoms with Crippen LogP contribution >= 0.6 is 0 Å². The van der Waals surface area contributed by atoms with Crippen LogP contribution in [-0.2, 0) is 17.6 Å². The third-order valence-corrected chi connectivity index (χ3v) is 4.52. The predicted molar refractivity (Wildman–Crippen MR) is 102 cm³/mol. The minimum atomic E-state index is -0.222. The summed E-state index contributed by atoms with van der Waals surface area (Å²) in [4.78, 5) is 34.9. The second kappa shape index (κ2) is 7.59. The lowest BCUT2D eigenvalue weighted by Gasteiger charge is -2.30. The van der Waals surface area contributed by atoms with Gasteiger partial charge in [-0.2, -0.15) is 4.98 Å². The summed E-state index contributed by atoms with van der Waals surface area (Å²) in [6.45, 7) is 2.33. The van der Waals surface area contributed by atoms with Gasteiger partial charge in [0.2, 0.25) is 11.8 Å². The summed E-state index contributed by atoms with van der Waals surface area (Å²) in [6.07, 6.45) is 4.97. The molecular formula is C20H19N5O3. The van der Waals surface area contributed by atoms with Crippen LogP contribution in [0.15, 0.2) is 47.2 Å². The van der Waals surface area contributed by atoms with Crippen molar-refractivity contribution in [2.45, 2.75) is 26.2 Å². The lowest BCUT2D eigenvalue weighted by Crippen LogP contribution is -2.35. The molecule has 0 aliphatic carbocycles. The largest absolute Gasteiger partial charge is 0.340 e. The molecule has 0 bridgehead atoms. The van der Waals surface area contributed by atoms with E-state index >= 15 is 0 Å². The number of anilines is 2. The van der Waals surface area contributed by atoms with E-state index < -0.39 is 0 Å². The van der Waals surface area contributed by atoms with Gasteiger partial charge in [-0.05, 0) is 48.7 Å². The van der Waals surface area contributed by atoms with E-state index in [1.807, 2.05) is 12.1 Å². The summed E-state index contributed by atoms with van der Waals surface area (Å²) in [5, 5.41) is 6.58. The summed E-state index contributed by atoms with van der Waals surface area (Å²) in [5.41, 5.74) is 3.13. The molecule has 28 heavy (non-hydrogen) atoms. The van der Waals surface area contributed by atoms with Crippen LogP contribution in [0.5, 0.6) is 0 Å². The molecule has 8 nitrogen and oxygen atoms in total.